The number of carbonyl (C=O) groups is 1. The summed E-state index contributed by atoms with van der Waals surface area (Å²) in [5, 5.41) is 0. The second kappa shape index (κ2) is 9.20. The maximum Gasteiger partial charge on any atom is 0.249 e. The molecular formula is C21H23FN2O4S2. The summed E-state index contributed by atoms with van der Waals surface area (Å²) in [7, 11) is -2.09. The number of amides is 1. The topological polar surface area (TPSA) is 77.7 Å². The summed E-state index contributed by atoms with van der Waals surface area (Å²) < 4.78 is 45.9. The summed E-state index contributed by atoms with van der Waals surface area (Å²) >= 11 is 1.39. The molecule has 6 nitrogen and oxygen atoms in total. The van der Waals surface area contributed by atoms with Crippen LogP contribution in [0.5, 0.6) is 0 Å². The van der Waals surface area contributed by atoms with Crippen LogP contribution in [0.1, 0.15) is 17.5 Å². The number of nitrogens with zero attached hydrogens (tertiary/aromatic N) is 2. The summed E-state index contributed by atoms with van der Waals surface area (Å²) in [6.45, 7) is 5.03. The first kappa shape index (κ1) is 22.3. The standard InChI is InChI=1S/C21H23FN2O4S2/c1-14-12-18-19(13-15(14)2)29-21(24(18)9-10-28-3)23-20(25)8-11-30(26,27)17-6-4-16(22)5-7-17/h4-7,12-13H,8-11H2,1-3H3. The van der Waals surface area contributed by atoms with Crippen LogP contribution in [0.3, 0.4) is 0 Å². The van der Waals surface area contributed by atoms with Crippen molar-refractivity contribution in [3.8, 4) is 0 Å². The fraction of sp³-hybridized carbons (Fsp3) is 0.333. The number of benzene rings is 2. The van der Waals surface area contributed by atoms with E-state index in [-0.39, 0.29) is 17.1 Å². The van der Waals surface area contributed by atoms with Crippen LogP contribution in [0.25, 0.3) is 10.2 Å². The Hall–Kier alpha value is -2.36. The van der Waals surface area contributed by atoms with E-state index in [4.69, 9.17) is 4.74 Å². The van der Waals surface area contributed by atoms with Gasteiger partial charge in [-0.3, -0.25) is 4.79 Å². The Bertz CT molecular complexity index is 1240. The molecule has 0 unspecified atom stereocenters. The molecule has 1 heterocycles. The molecule has 0 saturated heterocycles. The SMILES string of the molecule is COCCn1c(=NC(=O)CCS(=O)(=O)c2ccc(F)cc2)sc2cc(C)c(C)cc21. The summed E-state index contributed by atoms with van der Waals surface area (Å²) in [6, 6.07) is 8.67. The minimum Gasteiger partial charge on any atom is -0.383 e. The molecule has 1 amide bonds. The molecule has 0 aliphatic carbocycles. The number of carbonyl (C=O) groups excluding carboxylic acids is 1. The Morgan fingerprint density at radius 3 is 2.50 bits per heavy atom. The molecule has 160 valence electrons. The maximum atomic E-state index is 13.0. The highest BCUT2D eigenvalue weighted by Crippen LogP contribution is 2.22. The van der Waals surface area contributed by atoms with E-state index in [9.17, 15) is 17.6 Å². The maximum absolute atomic E-state index is 13.0. The summed E-state index contributed by atoms with van der Waals surface area (Å²) in [4.78, 5) is 17.1. The van der Waals surface area contributed by atoms with E-state index in [1.807, 2.05) is 18.4 Å². The predicted molar refractivity (Wildman–Crippen MR) is 115 cm³/mol. The van der Waals surface area contributed by atoms with Crippen molar-refractivity contribution in [2.24, 2.45) is 4.99 Å². The Kier molecular flexibility index (Phi) is 6.84. The van der Waals surface area contributed by atoms with Gasteiger partial charge in [0.2, 0.25) is 5.91 Å². The molecule has 0 aliphatic heterocycles. The second-order valence-corrected chi connectivity index (χ2v) is 10.1. The molecule has 0 atom stereocenters. The highest BCUT2D eigenvalue weighted by Gasteiger charge is 2.17. The quantitative estimate of drug-likeness (QED) is 0.517. The molecule has 0 aliphatic rings. The molecule has 0 saturated carbocycles. The van der Waals surface area contributed by atoms with Gasteiger partial charge in [-0.2, -0.15) is 4.99 Å². The minimum absolute atomic E-state index is 0.0142. The molecular weight excluding hydrogens is 427 g/mol. The zero-order valence-corrected chi connectivity index (χ0v) is 18.6. The van der Waals surface area contributed by atoms with E-state index in [1.54, 1.807) is 7.11 Å². The lowest BCUT2D eigenvalue weighted by Crippen LogP contribution is -2.20. The van der Waals surface area contributed by atoms with Crippen molar-refractivity contribution in [3.63, 3.8) is 0 Å². The van der Waals surface area contributed by atoms with Crippen LogP contribution in [-0.2, 0) is 25.9 Å². The van der Waals surface area contributed by atoms with Gasteiger partial charge in [-0.05, 0) is 61.4 Å². The van der Waals surface area contributed by atoms with Crippen molar-refractivity contribution in [1.29, 1.82) is 0 Å². The number of fused-ring (bicyclic) bond motifs is 1. The number of thiazole rings is 1. The highest BCUT2D eigenvalue weighted by atomic mass is 32.2. The van der Waals surface area contributed by atoms with Crippen LogP contribution in [0, 0.1) is 19.7 Å². The summed E-state index contributed by atoms with van der Waals surface area (Å²) in [5.74, 6) is -1.43. The Morgan fingerprint density at radius 1 is 1.17 bits per heavy atom. The van der Waals surface area contributed by atoms with Crippen LogP contribution >= 0.6 is 11.3 Å². The molecule has 0 radical (unpaired) electrons. The number of ether oxygens (including phenoxy) is 1. The largest absolute Gasteiger partial charge is 0.383 e. The van der Waals surface area contributed by atoms with Crippen molar-refractivity contribution in [1.82, 2.24) is 4.57 Å². The van der Waals surface area contributed by atoms with Gasteiger partial charge in [0.1, 0.15) is 5.82 Å². The van der Waals surface area contributed by atoms with Gasteiger partial charge in [-0.25, -0.2) is 12.8 Å². The third-order valence-electron chi connectivity index (χ3n) is 4.80. The van der Waals surface area contributed by atoms with E-state index in [1.165, 1.54) is 23.5 Å². The fourth-order valence-electron chi connectivity index (χ4n) is 2.95. The number of hydrogen-bond acceptors (Lipinski definition) is 5. The van der Waals surface area contributed by atoms with Crippen LogP contribution in [0.4, 0.5) is 4.39 Å². The molecule has 0 fully saturated rings. The molecule has 9 heteroatoms. The first-order chi connectivity index (χ1) is 14.2. The average Bonchev–Trinajstić information content (AvgIpc) is 3.01. The minimum atomic E-state index is -3.70. The van der Waals surface area contributed by atoms with Gasteiger partial charge in [-0.15, -0.1) is 0 Å². The van der Waals surface area contributed by atoms with Gasteiger partial charge >= 0.3 is 0 Å². The molecule has 0 N–H and O–H groups in total. The third kappa shape index (κ3) is 5.03. The van der Waals surface area contributed by atoms with Gasteiger partial charge in [0, 0.05) is 20.1 Å². The van der Waals surface area contributed by atoms with Crippen molar-refractivity contribution < 1.29 is 22.3 Å². The molecule has 1 aromatic heterocycles. The molecule has 3 aromatic rings. The second-order valence-electron chi connectivity index (χ2n) is 6.96. The van der Waals surface area contributed by atoms with Crippen LogP contribution in [-0.4, -0.2) is 38.4 Å². The van der Waals surface area contributed by atoms with Gasteiger partial charge in [0.15, 0.2) is 14.6 Å². The van der Waals surface area contributed by atoms with Crippen LogP contribution in [0.2, 0.25) is 0 Å². The van der Waals surface area contributed by atoms with Crippen molar-refractivity contribution in [2.75, 3.05) is 19.5 Å². The summed E-state index contributed by atoms with van der Waals surface area (Å²) in [6.07, 6.45) is -0.254. The number of aromatic nitrogens is 1. The van der Waals surface area contributed by atoms with Crippen molar-refractivity contribution >= 4 is 37.3 Å². The third-order valence-corrected chi connectivity index (χ3v) is 7.57. The van der Waals surface area contributed by atoms with Crippen LogP contribution < -0.4 is 4.80 Å². The number of rotatable bonds is 7. The van der Waals surface area contributed by atoms with E-state index in [0.717, 1.165) is 33.5 Å². The van der Waals surface area contributed by atoms with E-state index in [2.05, 4.69) is 17.1 Å². The normalized spacial score (nSPS) is 12.6. The molecule has 3 rings (SSSR count). The Labute approximate surface area is 178 Å². The lowest BCUT2D eigenvalue weighted by Gasteiger charge is -2.06. The average molecular weight is 451 g/mol. The molecule has 0 spiro atoms. The fourth-order valence-corrected chi connectivity index (χ4v) is 5.33. The first-order valence-corrected chi connectivity index (χ1v) is 11.8. The monoisotopic (exact) mass is 450 g/mol. The molecule has 30 heavy (non-hydrogen) atoms. The van der Waals surface area contributed by atoms with Gasteiger partial charge in [0.05, 0.1) is 27.5 Å². The van der Waals surface area contributed by atoms with Crippen molar-refractivity contribution in [2.45, 2.75) is 31.7 Å². The summed E-state index contributed by atoms with van der Waals surface area (Å²) in [5.41, 5.74) is 3.24. The lowest BCUT2D eigenvalue weighted by molar-refractivity contribution is -0.117. The van der Waals surface area contributed by atoms with E-state index < -0.39 is 21.6 Å². The van der Waals surface area contributed by atoms with Gasteiger partial charge < -0.3 is 9.30 Å². The number of methoxy groups -OCH3 is 1. The first-order valence-electron chi connectivity index (χ1n) is 9.36. The van der Waals surface area contributed by atoms with Gasteiger partial charge in [0.25, 0.3) is 0 Å². The zero-order chi connectivity index (χ0) is 21.9. The molecule has 0 bridgehead atoms. The number of hydrogen-bond donors (Lipinski definition) is 0. The number of sulfone groups is 1. The number of halogens is 1. The predicted octanol–water partition coefficient (Wildman–Crippen LogP) is 3.40. The zero-order valence-electron chi connectivity index (χ0n) is 17.0. The highest BCUT2D eigenvalue weighted by molar-refractivity contribution is 7.91. The van der Waals surface area contributed by atoms with E-state index in [0.29, 0.717) is 18.0 Å². The van der Waals surface area contributed by atoms with Crippen molar-refractivity contribution in [3.05, 3.63) is 58.1 Å². The Morgan fingerprint density at radius 2 is 1.83 bits per heavy atom. The van der Waals surface area contributed by atoms with Gasteiger partial charge in [-0.1, -0.05) is 11.3 Å². The molecule has 2 aromatic carbocycles. The van der Waals surface area contributed by atoms with Crippen LogP contribution in [0.15, 0.2) is 46.3 Å². The number of aryl methyl sites for hydroxylation is 2. The lowest BCUT2D eigenvalue weighted by atomic mass is 10.1. The smallest absolute Gasteiger partial charge is 0.249 e. The van der Waals surface area contributed by atoms with E-state index >= 15 is 0 Å². The Balaban J connectivity index is 1.88.